The predicted octanol–water partition coefficient (Wildman–Crippen LogP) is 3.64. The monoisotopic (exact) mass is 395 g/mol. The zero-order chi connectivity index (χ0) is 19.9. The molecule has 0 radical (unpaired) electrons. The first-order valence-electron chi connectivity index (χ1n) is 9.36. The summed E-state index contributed by atoms with van der Waals surface area (Å²) in [4.78, 5) is 16.5. The number of benzene rings is 1. The summed E-state index contributed by atoms with van der Waals surface area (Å²) in [6.07, 6.45) is 3.48. The van der Waals surface area contributed by atoms with E-state index in [0.717, 1.165) is 22.1 Å². The molecule has 7 heteroatoms. The summed E-state index contributed by atoms with van der Waals surface area (Å²) in [6, 6.07) is 14.0. The first-order valence-corrected chi connectivity index (χ1v) is 10.2. The van der Waals surface area contributed by atoms with E-state index in [4.69, 9.17) is 0 Å². The number of nitrogens with zero attached hydrogens (tertiary/aromatic N) is 4. The van der Waals surface area contributed by atoms with Crippen LogP contribution in [0.4, 0.5) is 0 Å². The molecule has 28 heavy (non-hydrogen) atoms. The van der Waals surface area contributed by atoms with Crippen molar-refractivity contribution in [3.05, 3.63) is 60.4 Å². The molecule has 146 valence electrons. The van der Waals surface area contributed by atoms with Gasteiger partial charge < -0.3 is 5.32 Å². The summed E-state index contributed by atoms with van der Waals surface area (Å²) in [5.74, 6) is 1.20. The first-order chi connectivity index (χ1) is 13.5. The van der Waals surface area contributed by atoms with Crippen molar-refractivity contribution in [2.24, 2.45) is 5.92 Å². The Balaban J connectivity index is 1.86. The summed E-state index contributed by atoms with van der Waals surface area (Å²) >= 11 is 1.43. The molecule has 0 aliphatic carbocycles. The lowest BCUT2D eigenvalue weighted by atomic mass is 10.2. The van der Waals surface area contributed by atoms with Gasteiger partial charge in [0.2, 0.25) is 5.91 Å². The fraction of sp³-hybridized carbons (Fsp3) is 0.333. The Morgan fingerprint density at radius 3 is 2.46 bits per heavy atom. The molecular formula is C21H25N5OS. The Hall–Kier alpha value is -2.67. The largest absolute Gasteiger partial charge is 0.355 e. The average Bonchev–Trinajstić information content (AvgIpc) is 3.09. The van der Waals surface area contributed by atoms with Gasteiger partial charge in [0.25, 0.3) is 0 Å². The molecule has 2 aromatic heterocycles. The Labute approximate surface area is 169 Å². The van der Waals surface area contributed by atoms with Crippen LogP contribution in [0.25, 0.3) is 11.4 Å². The molecule has 0 bridgehead atoms. The molecule has 0 fully saturated rings. The second-order valence-electron chi connectivity index (χ2n) is 7.01. The molecule has 0 aliphatic rings. The van der Waals surface area contributed by atoms with Crippen molar-refractivity contribution in [2.75, 3.05) is 6.54 Å². The van der Waals surface area contributed by atoms with Gasteiger partial charge in [-0.05, 0) is 30.5 Å². The molecule has 0 saturated heterocycles. The van der Waals surface area contributed by atoms with E-state index < -0.39 is 0 Å². The van der Waals surface area contributed by atoms with E-state index in [-0.39, 0.29) is 11.2 Å². The fourth-order valence-corrected chi connectivity index (χ4v) is 3.53. The van der Waals surface area contributed by atoms with Crippen LogP contribution in [0.5, 0.6) is 0 Å². The number of rotatable bonds is 8. The molecule has 1 amide bonds. The quantitative estimate of drug-likeness (QED) is 0.590. The lowest BCUT2D eigenvalue weighted by Crippen LogP contribution is -2.33. The van der Waals surface area contributed by atoms with E-state index in [1.54, 1.807) is 12.4 Å². The van der Waals surface area contributed by atoms with Crippen LogP contribution in [-0.2, 0) is 11.3 Å². The van der Waals surface area contributed by atoms with Gasteiger partial charge in [-0.25, -0.2) is 0 Å². The van der Waals surface area contributed by atoms with Crippen molar-refractivity contribution in [3.8, 4) is 11.4 Å². The second kappa shape index (κ2) is 9.50. The number of hydrogen-bond donors (Lipinski definition) is 1. The minimum atomic E-state index is -0.261. The predicted molar refractivity (Wildman–Crippen MR) is 112 cm³/mol. The van der Waals surface area contributed by atoms with Gasteiger partial charge >= 0.3 is 0 Å². The van der Waals surface area contributed by atoms with Gasteiger partial charge in [-0.15, -0.1) is 10.2 Å². The molecule has 6 nitrogen and oxygen atoms in total. The van der Waals surface area contributed by atoms with E-state index in [1.807, 2.05) is 37.3 Å². The number of carbonyl (C=O) groups is 1. The van der Waals surface area contributed by atoms with Gasteiger partial charge in [0.15, 0.2) is 11.0 Å². The van der Waals surface area contributed by atoms with E-state index in [0.29, 0.717) is 19.0 Å². The Morgan fingerprint density at radius 1 is 1.07 bits per heavy atom. The number of amides is 1. The fourth-order valence-electron chi connectivity index (χ4n) is 2.66. The van der Waals surface area contributed by atoms with Crippen LogP contribution in [0.15, 0.2) is 60.0 Å². The molecule has 2 heterocycles. The van der Waals surface area contributed by atoms with Crippen molar-refractivity contribution in [1.82, 2.24) is 25.1 Å². The number of carbonyl (C=O) groups excluding carboxylic acids is 1. The minimum Gasteiger partial charge on any atom is -0.355 e. The number of hydrogen-bond acceptors (Lipinski definition) is 5. The van der Waals surface area contributed by atoms with Gasteiger partial charge in [0.05, 0.1) is 11.8 Å². The lowest BCUT2D eigenvalue weighted by molar-refractivity contribution is -0.120. The topological polar surface area (TPSA) is 72.7 Å². The molecular weight excluding hydrogens is 370 g/mol. The molecule has 1 N–H and O–H groups in total. The third kappa shape index (κ3) is 5.19. The molecule has 1 aromatic carbocycles. The van der Waals surface area contributed by atoms with Crippen LogP contribution in [0.2, 0.25) is 0 Å². The van der Waals surface area contributed by atoms with Crippen molar-refractivity contribution < 1.29 is 4.79 Å². The van der Waals surface area contributed by atoms with Crippen molar-refractivity contribution in [1.29, 1.82) is 0 Å². The Bertz CT molecular complexity index is 896. The summed E-state index contributed by atoms with van der Waals surface area (Å²) in [5.41, 5.74) is 2.10. The first kappa shape index (κ1) is 20.1. The normalized spacial score (nSPS) is 12.1. The van der Waals surface area contributed by atoms with Gasteiger partial charge in [-0.2, -0.15) is 0 Å². The zero-order valence-electron chi connectivity index (χ0n) is 16.4. The number of pyridine rings is 1. The summed E-state index contributed by atoms with van der Waals surface area (Å²) in [6.45, 7) is 7.36. The van der Waals surface area contributed by atoms with Crippen molar-refractivity contribution in [3.63, 3.8) is 0 Å². The highest BCUT2D eigenvalue weighted by atomic mass is 32.2. The third-order valence-corrected chi connectivity index (χ3v) is 5.26. The highest BCUT2D eigenvalue weighted by molar-refractivity contribution is 8.00. The van der Waals surface area contributed by atoms with Crippen molar-refractivity contribution >= 4 is 17.7 Å². The van der Waals surface area contributed by atoms with E-state index in [2.05, 4.69) is 51.0 Å². The van der Waals surface area contributed by atoms with Crippen LogP contribution in [0, 0.1) is 5.92 Å². The minimum absolute atomic E-state index is 0.0124. The third-order valence-electron chi connectivity index (χ3n) is 4.17. The van der Waals surface area contributed by atoms with Gasteiger partial charge in [0.1, 0.15) is 0 Å². The van der Waals surface area contributed by atoms with Crippen LogP contribution in [0.3, 0.4) is 0 Å². The highest BCUT2D eigenvalue weighted by Gasteiger charge is 2.21. The summed E-state index contributed by atoms with van der Waals surface area (Å²) < 4.78 is 2.06. The summed E-state index contributed by atoms with van der Waals surface area (Å²) in [5, 5.41) is 12.2. The Kier molecular flexibility index (Phi) is 6.81. The SMILES string of the molecule is CC(C)CNC(=O)[C@@H](C)Sc1nnc(-c2ccncc2)n1Cc1ccccc1. The van der Waals surface area contributed by atoms with Crippen LogP contribution < -0.4 is 5.32 Å². The maximum Gasteiger partial charge on any atom is 0.233 e. The molecule has 0 saturated carbocycles. The molecule has 0 spiro atoms. The number of aromatic nitrogens is 4. The van der Waals surface area contributed by atoms with Crippen LogP contribution in [0.1, 0.15) is 26.3 Å². The highest BCUT2D eigenvalue weighted by Crippen LogP contribution is 2.27. The number of nitrogens with one attached hydrogen (secondary N) is 1. The van der Waals surface area contributed by atoms with E-state index in [9.17, 15) is 4.79 Å². The number of thioether (sulfide) groups is 1. The second-order valence-corrected chi connectivity index (χ2v) is 8.32. The molecule has 1 atom stereocenters. The molecule has 0 aliphatic heterocycles. The van der Waals surface area contributed by atoms with Gasteiger partial charge in [-0.3, -0.25) is 14.3 Å². The van der Waals surface area contributed by atoms with Crippen molar-refractivity contribution in [2.45, 2.75) is 37.7 Å². The maximum atomic E-state index is 12.4. The van der Waals surface area contributed by atoms with E-state index in [1.165, 1.54) is 11.8 Å². The van der Waals surface area contributed by atoms with Crippen LogP contribution >= 0.6 is 11.8 Å². The van der Waals surface area contributed by atoms with E-state index >= 15 is 0 Å². The van der Waals surface area contributed by atoms with Crippen LogP contribution in [-0.4, -0.2) is 37.5 Å². The summed E-state index contributed by atoms with van der Waals surface area (Å²) in [7, 11) is 0. The smallest absolute Gasteiger partial charge is 0.233 e. The van der Waals surface area contributed by atoms with Gasteiger partial charge in [-0.1, -0.05) is 55.9 Å². The van der Waals surface area contributed by atoms with Gasteiger partial charge in [0, 0.05) is 24.5 Å². The molecule has 3 aromatic rings. The molecule has 3 rings (SSSR count). The molecule has 0 unspecified atom stereocenters. The Morgan fingerprint density at radius 2 is 1.79 bits per heavy atom. The lowest BCUT2D eigenvalue weighted by Gasteiger charge is -2.15. The standard InChI is InChI=1S/C21H25N5OS/c1-15(2)13-23-20(27)16(3)28-21-25-24-19(18-9-11-22-12-10-18)26(21)14-17-7-5-4-6-8-17/h4-12,15-16H,13-14H2,1-3H3,(H,23,27)/t16-/m1/s1. The zero-order valence-corrected chi connectivity index (χ0v) is 17.2. The average molecular weight is 396 g/mol. The maximum absolute atomic E-state index is 12.4.